The Kier molecular flexibility index (Phi) is 4.79. The molecule has 0 radical (unpaired) electrons. The number of halogens is 1. The van der Waals surface area contributed by atoms with Gasteiger partial charge in [0.25, 0.3) is 5.69 Å². The first-order valence-electron chi connectivity index (χ1n) is 7.58. The molecule has 1 fully saturated rings. The van der Waals surface area contributed by atoms with Crippen LogP contribution in [0.4, 0.5) is 11.4 Å². The smallest absolute Gasteiger partial charge is 0.269 e. The van der Waals surface area contributed by atoms with E-state index in [0.717, 1.165) is 43.4 Å². The Morgan fingerprint density at radius 1 is 0.957 bits per heavy atom. The molecule has 1 aliphatic rings. The summed E-state index contributed by atoms with van der Waals surface area (Å²) in [5.74, 6) is 0. The summed E-state index contributed by atoms with van der Waals surface area (Å²) in [5.41, 5.74) is 2.44. The van der Waals surface area contributed by atoms with Crippen molar-refractivity contribution < 1.29 is 4.92 Å². The van der Waals surface area contributed by atoms with Crippen LogP contribution in [0.5, 0.6) is 0 Å². The molecule has 2 aromatic carbocycles. The Balaban J connectivity index is 1.55. The van der Waals surface area contributed by atoms with Crippen LogP contribution in [0.15, 0.2) is 48.5 Å². The largest absolute Gasteiger partial charge is 0.369 e. The summed E-state index contributed by atoms with van der Waals surface area (Å²) in [6.45, 7) is 4.71. The fraction of sp³-hybridized carbons (Fsp3) is 0.294. The topological polar surface area (TPSA) is 49.6 Å². The Hall–Kier alpha value is -2.11. The van der Waals surface area contributed by atoms with Crippen molar-refractivity contribution in [2.75, 3.05) is 31.1 Å². The molecular weight excluding hydrogens is 314 g/mol. The van der Waals surface area contributed by atoms with Crippen molar-refractivity contribution in [3.63, 3.8) is 0 Å². The van der Waals surface area contributed by atoms with Crippen molar-refractivity contribution in [2.24, 2.45) is 0 Å². The zero-order valence-corrected chi connectivity index (χ0v) is 13.4. The summed E-state index contributed by atoms with van der Waals surface area (Å²) in [5, 5.41) is 11.5. The molecule has 0 atom stereocenters. The first-order valence-corrected chi connectivity index (χ1v) is 7.96. The molecule has 0 N–H and O–H groups in total. The molecule has 0 amide bonds. The molecule has 120 valence electrons. The number of nitro benzene ring substituents is 1. The average molecular weight is 332 g/mol. The number of rotatable bonds is 4. The first-order chi connectivity index (χ1) is 11.1. The van der Waals surface area contributed by atoms with Gasteiger partial charge in [-0.2, -0.15) is 0 Å². The van der Waals surface area contributed by atoms with Gasteiger partial charge in [-0.15, -0.1) is 0 Å². The molecule has 5 nitrogen and oxygen atoms in total. The normalized spacial score (nSPS) is 15.6. The minimum absolute atomic E-state index is 0.134. The highest BCUT2D eigenvalue weighted by atomic mass is 35.5. The Bertz CT molecular complexity index is 665. The molecule has 0 spiro atoms. The standard InChI is InChI=1S/C17H18ClN3O2/c18-15-3-1-14(2-4-15)13-19-9-11-20(12-10-19)16-5-7-17(8-6-16)21(22)23/h1-8H,9-13H2. The molecule has 0 bridgehead atoms. The molecular formula is C17H18ClN3O2. The molecule has 23 heavy (non-hydrogen) atoms. The second-order valence-electron chi connectivity index (χ2n) is 5.66. The predicted octanol–water partition coefficient (Wildman–Crippen LogP) is 3.57. The van der Waals surface area contributed by atoms with E-state index in [1.54, 1.807) is 12.1 Å². The third kappa shape index (κ3) is 4.00. The number of nitro groups is 1. The van der Waals surface area contributed by atoms with Gasteiger partial charge in [-0.1, -0.05) is 23.7 Å². The molecule has 1 heterocycles. The quantitative estimate of drug-likeness (QED) is 0.635. The number of non-ortho nitro benzene ring substituents is 1. The number of nitrogens with zero attached hydrogens (tertiary/aromatic N) is 3. The van der Waals surface area contributed by atoms with E-state index in [4.69, 9.17) is 11.6 Å². The highest BCUT2D eigenvalue weighted by Gasteiger charge is 2.18. The van der Waals surface area contributed by atoms with Gasteiger partial charge in [-0.25, -0.2) is 0 Å². The lowest BCUT2D eigenvalue weighted by atomic mass is 10.2. The van der Waals surface area contributed by atoms with E-state index in [1.807, 2.05) is 24.3 Å². The van der Waals surface area contributed by atoms with Crippen LogP contribution in [-0.4, -0.2) is 36.0 Å². The minimum atomic E-state index is -0.367. The molecule has 0 aromatic heterocycles. The van der Waals surface area contributed by atoms with Crippen molar-refractivity contribution in [1.29, 1.82) is 0 Å². The number of piperazine rings is 1. The monoisotopic (exact) mass is 331 g/mol. The average Bonchev–Trinajstić information content (AvgIpc) is 2.58. The van der Waals surface area contributed by atoms with Gasteiger partial charge < -0.3 is 4.90 Å². The van der Waals surface area contributed by atoms with Crippen LogP contribution in [0.2, 0.25) is 5.02 Å². The van der Waals surface area contributed by atoms with Gasteiger partial charge in [0.05, 0.1) is 4.92 Å². The second kappa shape index (κ2) is 6.98. The summed E-state index contributed by atoms with van der Waals surface area (Å²) >= 11 is 5.91. The van der Waals surface area contributed by atoms with Crippen LogP contribution in [0.25, 0.3) is 0 Å². The first kappa shape index (κ1) is 15.8. The zero-order chi connectivity index (χ0) is 16.2. The van der Waals surface area contributed by atoms with Crippen LogP contribution >= 0.6 is 11.6 Å². The van der Waals surface area contributed by atoms with Crippen molar-refractivity contribution in [3.05, 3.63) is 69.2 Å². The lowest BCUT2D eigenvalue weighted by molar-refractivity contribution is -0.384. The Morgan fingerprint density at radius 3 is 2.13 bits per heavy atom. The fourth-order valence-electron chi connectivity index (χ4n) is 2.80. The lowest BCUT2D eigenvalue weighted by Gasteiger charge is -2.36. The zero-order valence-electron chi connectivity index (χ0n) is 12.7. The Labute approximate surface area is 140 Å². The van der Waals surface area contributed by atoms with Gasteiger partial charge in [0.1, 0.15) is 0 Å². The van der Waals surface area contributed by atoms with Crippen LogP contribution in [0.1, 0.15) is 5.56 Å². The minimum Gasteiger partial charge on any atom is -0.369 e. The molecule has 1 saturated heterocycles. The number of hydrogen-bond acceptors (Lipinski definition) is 4. The maximum Gasteiger partial charge on any atom is 0.269 e. The van der Waals surface area contributed by atoms with E-state index in [0.29, 0.717) is 0 Å². The van der Waals surface area contributed by atoms with Crippen molar-refractivity contribution >= 4 is 23.0 Å². The highest BCUT2D eigenvalue weighted by molar-refractivity contribution is 6.30. The van der Waals surface area contributed by atoms with Gasteiger partial charge >= 0.3 is 0 Å². The third-order valence-corrected chi connectivity index (χ3v) is 4.37. The van der Waals surface area contributed by atoms with Gasteiger partial charge in [-0.05, 0) is 29.8 Å². The second-order valence-corrected chi connectivity index (χ2v) is 6.10. The fourth-order valence-corrected chi connectivity index (χ4v) is 2.92. The number of anilines is 1. The van der Waals surface area contributed by atoms with Crippen LogP contribution < -0.4 is 4.90 Å². The molecule has 0 unspecified atom stereocenters. The Morgan fingerprint density at radius 2 is 1.57 bits per heavy atom. The summed E-state index contributed by atoms with van der Waals surface area (Å²) in [7, 11) is 0. The molecule has 2 aromatic rings. The molecule has 1 aliphatic heterocycles. The van der Waals surface area contributed by atoms with Crippen LogP contribution in [-0.2, 0) is 6.54 Å². The molecule has 0 aliphatic carbocycles. The summed E-state index contributed by atoms with van der Waals surface area (Å²) in [4.78, 5) is 15.0. The highest BCUT2D eigenvalue weighted by Crippen LogP contribution is 2.21. The molecule has 0 saturated carbocycles. The SMILES string of the molecule is O=[N+]([O-])c1ccc(N2CCN(Cc3ccc(Cl)cc3)CC2)cc1. The van der Waals surface area contributed by atoms with Crippen molar-refractivity contribution in [2.45, 2.75) is 6.54 Å². The van der Waals surface area contributed by atoms with Gasteiger partial charge in [0.15, 0.2) is 0 Å². The van der Waals surface area contributed by atoms with E-state index in [9.17, 15) is 10.1 Å². The van der Waals surface area contributed by atoms with E-state index in [-0.39, 0.29) is 10.6 Å². The van der Waals surface area contributed by atoms with Gasteiger partial charge in [0.2, 0.25) is 0 Å². The van der Waals surface area contributed by atoms with Crippen molar-refractivity contribution in [1.82, 2.24) is 4.90 Å². The van der Waals surface area contributed by atoms with Crippen molar-refractivity contribution in [3.8, 4) is 0 Å². The van der Waals surface area contributed by atoms with Gasteiger partial charge in [-0.3, -0.25) is 15.0 Å². The number of hydrogen-bond donors (Lipinski definition) is 0. The predicted molar refractivity (Wildman–Crippen MR) is 92.0 cm³/mol. The summed E-state index contributed by atoms with van der Waals surface area (Å²) in [6.07, 6.45) is 0. The van der Waals surface area contributed by atoms with E-state index in [2.05, 4.69) is 21.9 Å². The van der Waals surface area contributed by atoms with E-state index in [1.165, 1.54) is 5.56 Å². The maximum atomic E-state index is 10.7. The summed E-state index contributed by atoms with van der Waals surface area (Å²) in [6, 6.07) is 14.7. The van der Waals surface area contributed by atoms with Crippen LogP contribution in [0, 0.1) is 10.1 Å². The van der Waals surface area contributed by atoms with E-state index < -0.39 is 0 Å². The number of benzene rings is 2. The molecule has 3 rings (SSSR count). The lowest BCUT2D eigenvalue weighted by Crippen LogP contribution is -2.45. The van der Waals surface area contributed by atoms with Crippen LogP contribution in [0.3, 0.4) is 0 Å². The summed E-state index contributed by atoms with van der Waals surface area (Å²) < 4.78 is 0. The maximum absolute atomic E-state index is 10.7. The molecule has 6 heteroatoms. The van der Waals surface area contributed by atoms with E-state index >= 15 is 0 Å². The third-order valence-electron chi connectivity index (χ3n) is 4.12. The van der Waals surface area contributed by atoms with Gasteiger partial charge in [0, 0.05) is 55.6 Å².